The Hall–Kier alpha value is -0.700. The second-order valence-electron chi connectivity index (χ2n) is 2.99. The number of rotatable bonds is 2. The fourth-order valence-electron chi connectivity index (χ4n) is 1.23. The van der Waals surface area contributed by atoms with E-state index in [0.29, 0.717) is 0 Å². The summed E-state index contributed by atoms with van der Waals surface area (Å²) in [4.78, 5) is 4.61. The van der Waals surface area contributed by atoms with Gasteiger partial charge < -0.3 is 15.1 Å². The van der Waals surface area contributed by atoms with Gasteiger partial charge in [0, 0.05) is 33.2 Å². The molecule has 1 aliphatic rings. The minimum Gasteiger partial charge on any atom is -0.375 e. The molecule has 0 saturated carbocycles. The predicted molar refractivity (Wildman–Crippen MR) is 58.6 cm³/mol. The average Bonchev–Trinajstić information content (AvgIpc) is 2.21. The van der Waals surface area contributed by atoms with Crippen LogP contribution < -0.4 is 5.32 Å². The van der Waals surface area contributed by atoms with Gasteiger partial charge in [0.2, 0.25) is 0 Å². The van der Waals surface area contributed by atoms with Gasteiger partial charge in [-0.25, -0.2) is 0 Å². The molecule has 0 spiro atoms. The lowest BCUT2D eigenvalue weighted by molar-refractivity contribution is 0.180. The van der Waals surface area contributed by atoms with Gasteiger partial charge in [-0.05, 0) is 7.05 Å². The quantitative estimate of drug-likeness (QED) is 0.691. The largest absolute Gasteiger partial charge is 0.375 e. The number of nitrogens with one attached hydrogen (secondary N) is 1. The van der Waals surface area contributed by atoms with E-state index < -0.39 is 0 Å². The van der Waals surface area contributed by atoms with Crippen LogP contribution in [-0.4, -0.2) is 50.1 Å². The Morgan fingerprint density at radius 2 is 1.62 bits per heavy atom. The lowest BCUT2D eigenvalue weighted by Gasteiger charge is -2.34. The fourth-order valence-corrected chi connectivity index (χ4v) is 1.23. The molecule has 0 aliphatic carbocycles. The van der Waals surface area contributed by atoms with E-state index in [1.807, 2.05) is 20.9 Å². The van der Waals surface area contributed by atoms with E-state index in [0.717, 1.165) is 32.0 Å². The Balaban J connectivity index is 0.000000671. The van der Waals surface area contributed by atoms with Crippen molar-refractivity contribution in [2.24, 2.45) is 0 Å². The van der Waals surface area contributed by atoms with E-state index in [9.17, 15) is 0 Å². The zero-order chi connectivity index (χ0) is 10.3. The molecule has 3 nitrogen and oxygen atoms in total. The highest BCUT2D eigenvalue weighted by Gasteiger charge is 2.13. The predicted octanol–water partition coefficient (Wildman–Crippen LogP) is 0.951. The van der Waals surface area contributed by atoms with Gasteiger partial charge in [-0.15, -0.1) is 0 Å². The van der Waals surface area contributed by atoms with Crippen LogP contribution in [0, 0.1) is 0 Å². The van der Waals surface area contributed by atoms with Gasteiger partial charge in [0.15, 0.2) is 0 Å². The number of hydrogen-bond donors (Lipinski definition) is 1. The molecule has 0 amide bonds. The van der Waals surface area contributed by atoms with Crippen molar-refractivity contribution in [1.29, 1.82) is 0 Å². The molecule has 0 atom stereocenters. The van der Waals surface area contributed by atoms with Crippen molar-refractivity contribution in [3.63, 3.8) is 0 Å². The summed E-state index contributed by atoms with van der Waals surface area (Å²) >= 11 is 0. The lowest BCUT2D eigenvalue weighted by Crippen LogP contribution is -2.45. The van der Waals surface area contributed by atoms with Gasteiger partial charge in [0.25, 0.3) is 0 Å². The number of nitrogens with zero attached hydrogens (tertiary/aromatic N) is 2. The molecule has 1 rings (SSSR count). The van der Waals surface area contributed by atoms with Crippen molar-refractivity contribution in [2.75, 3.05) is 40.3 Å². The van der Waals surface area contributed by atoms with Gasteiger partial charge in [-0.2, -0.15) is 0 Å². The molecule has 1 aliphatic heterocycles. The summed E-state index contributed by atoms with van der Waals surface area (Å²) in [6.45, 7) is 12.4. The summed E-state index contributed by atoms with van der Waals surface area (Å²) in [6.07, 6.45) is 0. The van der Waals surface area contributed by atoms with Crippen LogP contribution in [-0.2, 0) is 0 Å². The molecule has 0 bridgehead atoms. The standard InChI is InChI=1S/C8H17N3.C2H6/c1-8(9-2)11-6-4-10(3)5-7-11;1-2/h9H,1,4-7H2,2-3H3;1-2H3. The van der Waals surface area contributed by atoms with E-state index in [2.05, 4.69) is 28.7 Å². The van der Waals surface area contributed by atoms with Crippen LogP contribution in [0.3, 0.4) is 0 Å². The highest BCUT2D eigenvalue weighted by molar-refractivity contribution is 4.91. The molecule has 3 heteroatoms. The van der Waals surface area contributed by atoms with E-state index in [1.165, 1.54) is 0 Å². The maximum atomic E-state index is 3.92. The van der Waals surface area contributed by atoms with Crippen molar-refractivity contribution in [3.8, 4) is 0 Å². The van der Waals surface area contributed by atoms with Crippen LogP contribution in [0.25, 0.3) is 0 Å². The molecule has 1 fully saturated rings. The summed E-state index contributed by atoms with van der Waals surface area (Å²) < 4.78 is 0. The van der Waals surface area contributed by atoms with Gasteiger partial charge >= 0.3 is 0 Å². The number of piperazine rings is 1. The van der Waals surface area contributed by atoms with Crippen LogP contribution in [0.2, 0.25) is 0 Å². The molecular formula is C10H23N3. The van der Waals surface area contributed by atoms with Gasteiger partial charge in [0.05, 0.1) is 5.82 Å². The van der Waals surface area contributed by atoms with Crippen LogP contribution >= 0.6 is 0 Å². The second kappa shape index (κ2) is 6.78. The zero-order valence-corrected chi connectivity index (χ0v) is 9.43. The highest BCUT2D eigenvalue weighted by atomic mass is 15.3. The molecule has 0 aromatic rings. The Labute approximate surface area is 82.4 Å². The molecule has 78 valence electrons. The molecular weight excluding hydrogens is 162 g/mol. The van der Waals surface area contributed by atoms with Crippen LogP contribution in [0.15, 0.2) is 12.4 Å². The third kappa shape index (κ3) is 4.18. The SMILES string of the molecule is C=C(NC)N1CCN(C)CC1.CC. The number of hydrogen-bond acceptors (Lipinski definition) is 3. The maximum Gasteiger partial charge on any atom is 0.0937 e. The summed E-state index contributed by atoms with van der Waals surface area (Å²) in [5.74, 6) is 1.04. The summed E-state index contributed by atoms with van der Waals surface area (Å²) in [7, 11) is 4.07. The third-order valence-electron chi connectivity index (χ3n) is 2.17. The highest BCUT2D eigenvalue weighted by Crippen LogP contribution is 2.02. The van der Waals surface area contributed by atoms with Gasteiger partial charge in [0.1, 0.15) is 0 Å². The van der Waals surface area contributed by atoms with E-state index >= 15 is 0 Å². The Kier molecular flexibility index (Phi) is 6.41. The first-order chi connectivity index (χ1) is 6.24. The molecule has 0 radical (unpaired) electrons. The smallest absolute Gasteiger partial charge is 0.0937 e. The zero-order valence-electron chi connectivity index (χ0n) is 9.43. The number of likely N-dealkylation sites (N-methyl/N-ethyl adjacent to an activating group) is 1. The molecule has 1 saturated heterocycles. The first-order valence-electron chi connectivity index (χ1n) is 5.04. The van der Waals surface area contributed by atoms with Crippen molar-refractivity contribution < 1.29 is 0 Å². The van der Waals surface area contributed by atoms with Crippen LogP contribution in [0.1, 0.15) is 13.8 Å². The first-order valence-corrected chi connectivity index (χ1v) is 5.04. The maximum absolute atomic E-state index is 3.92. The van der Waals surface area contributed by atoms with Crippen LogP contribution in [0.5, 0.6) is 0 Å². The van der Waals surface area contributed by atoms with Crippen molar-refractivity contribution >= 4 is 0 Å². The molecule has 0 aromatic carbocycles. The minimum atomic E-state index is 1.04. The third-order valence-corrected chi connectivity index (χ3v) is 2.17. The van der Waals surface area contributed by atoms with Crippen molar-refractivity contribution in [3.05, 3.63) is 12.4 Å². The summed E-state index contributed by atoms with van der Waals surface area (Å²) in [6, 6.07) is 0. The second-order valence-corrected chi connectivity index (χ2v) is 2.99. The first kappa shape index (κ1) is 12.3. The Morgan fingerprint density at radius 3 is 2.00 bits per heavy atom. The van der Waals surface area contributed by atoms with Gasteiger partial charge in [-0.3, -0.25) is 0 Å². The normalized spacial score (nSPS) is 17.4. The van der Waals surface area contributed by atoms with E-state index in [4.69, 9.17) is 0 Å². The monoisotopic (exact) mass is 185 g/mol. The molecule has 13 heavy (non-hydrogen) atoms. The minimum absolute atomic E-state index is 1.04. The average molecular weight is 185 g/mol. The topological polar surface area (TPSA) is 18.5 Å². The van der Waals surface area contributed by atoms with E-state index in [-0.39, 0.29) is 0 Å². The lowest BCUT2D eigenvalue weighted by atomic mass is 10.3. The van der Waals surface area contributed by atoms with Crippen molar-refractivity contribution in [2.45, 2.75) is 13.8 Å². The molecule has 1 N–H and O–H groups in total. The van der Waals surface area contributed by atoms with Crippen LogP contribution in [0.4, 0.5) is 0 Å². The Bertz CT molecular complexity index is 137. The molecule has 0 unspecified atom stereocenters. The summed E-state index contributed by atoms with van der Waals surface area (Å²) in [5.41, 5.74) is 0. The Morgan fingerprint density at radius 1 is 1.15 bits per heavy atom. The van der Waals surface area contributed by atoms with E-state index in [1.54, 1.807) is 0 Å². The van der Waals surface area contributed by atoms with Gasteiger partial charge in [-0.1, -0.05) is 20.4 Å². The van der Waals surface area contributed by atoms with Crippen molar-refractivity contribution in [1.82, 2.24) is 15.1 Å². The molecule has 0 aromatic heterocycles. The summed E-state index contributed by atoms with van der Waals surface area (Å²) in [5, 5.41) is 3.06. The fraction of sp³-hybridized carbons (Fsp3) is 0.800. The molecule has 1 heterocycles.